The molecule has 7 nitrogen and oxygen atoms in total. The maximum atomic E-state index is 12.1. The number of hydrogen-bond donors (Lipinski definition) is 2. The van der Waals surface area contributed by atoms with Crippen molar-refractivity contribution in [1.29, 1.82) is 0 Å². The van der Waals surface area contributed by atoms with Gasteiger partial charge in [0.1, 0.15) is 0 Å². The average molecular weight is 383 g/mol. The SMILES string of the molecule is O=C(O)c1nn(-c2ccc(Cl)cc2)c2c1CN(C(=O)NCCCl)CC2. The Balaban J connectivity index is 1.95. The second kappa shape index (κ2) is 7.33. The number of aromatic carboxylic acids is 1. The van der Waals surface area contributed by atoms with Crippen LogP contribution in [0.3, 0.4) is 0 Å². The van der Waals surface area contributed by atoms with Crippen molar-refractivity contribution < 1.29 is 14.7 Å². The summed E-state index contributed by atoms with van der Waals surface area (Å²) in [4.78, 5) is 25.3. The maximum Gasteiger partial charge on any atom is 0.356 e. The van der Waals surface area contributed by atoms with E-state index in [4.69, 9.17) is 23.2 Å². The monoisotopic (exact) mass is 382 g/mol. The van der Waals surface area contributed by atoms with Crippen LogP contribution in [0.1, 0.15) is 21.7 Å². The Labute approximate surface area is 154 Å². The third-order valence-electron chi connectivity index (χ3n) is 3.99. The molecule has 132 valence electrons. The molecule has 0 radical (unpaired) electrons. The lowest BCUT2D eigenvalue weighted by atomic mass is 10.1. The molecule has 1 aliphatic rings. The van der Waals surface area contributed by atoms with Crippen LogP contribution in [0.25, 0.3) is 5.69 Å². The first-order chi connectivity index (χ1) is 12.0. The summed E-state index contributed by atoms with van der Waals surface area (Å²) in [5.74, 6) is -0.799. The van der Waals surface area contributed by atoms with Crippen molar-refractivity contribution in [2.45, 2.75) is 13.0 Å². The minimum atomic E-state index is -1.12. The van der Waals surface area contributed by atoms with Crippen molar-refractivity contribution in [1.82, 2.24) is 20.0 Å². The van der Waals surface area contributed by atoms with Crippen LogP contribution in [0, 0.1) is 0 Å². The van der Waals surface area contributed by atoms with E-state index in [0.29, 0.717) is 36.0 Å². The highest BCUT2D eigenvalue weighted by molar-refractivity contribution is 6.30. The number of nitrogens with one attached hydrogen (secondary N) is 1. The molecule has 1 aromatic carbocycles. The van der Waals surface area contributed by atoms with Gasteiger partial charge in [-0.25, -0.2) is 14.3 Å². The third kappa shape index (κ3) is 3.57. The van der Waals surface area contributed by atoms with E-state index < -0.39 is 5.97 Å². The van der Waals surface area contributed by atoms with E-state index in [2.05, 4.69) is 10.4 Å². The van der Waals surface area contributed by atoms with Crippen molar-refractivity contribution in [3.8, 4) is 5.69 Å². The number of aromatic nitrogens is 2. The van der Waals surface area contributed by atoms with Crippen LogP contribution >= 0.6 is 23.2 Å². The number of carboxylic acids is 1. The Bertz CT molecular complexity index is 804. The molecule has 0 saturated heterocycles. The standard InChI is InChI=1S/C16H16Cl2N4O3/c17-6-7-19-16(25)21-8-5-13-12(9-21)14(15(23)24)20-22(13)11-3-1-10(18)2-4-11/h1-4H,5-9H2,(H,19,25)(H,23,24). The predicted molar refractivity (Wildman–Crippen MR) is 93.8 cm³/mol. The fourth-order valence-electron chi connectivity index (χ4n) is 2.83. The van der Waals surface area contributed by atoms with Gasteiger partial charge in [0.05, 0.1) is 17.9 Å². The number of benzene rings is 1. The molecule has 3 rings (SSSR count). The van der Waals surface area contributed by atoms with Gasteiger partial charge in [0.15, 0.2) is 5.69 Å². The highest BCUT2D eigenvalue weighted by Gasteiger charge is 2.30. The van der Waals surface area contributed by atoms with Crippen LogP contribution in [0.5, 0.6) is 0 Å². The van der Waals surface area contributed by atoms with E-state index in [9.17, 15) is 14.7 Å². The van der Waals surface area contributed by atoms with E-state index in [1.807, 2.05) is 0 Å². The fourth-order valence-corrected chi connectivity index (χ4v) is 3.05. The van der Waals surface area contributed by atoms with Gasteiger partial charge in [0.2, 0.25) is 0 Å². The average Bonchev–Trinajstić information content (AvgIpc) is 2.99. The molecular weight excluding hydrogens is 367 g/mol. The number of urea groups is 1. The summed E-state index contributed by atoms with van der Waals surface area (Å²) < 4.78 is 1.61. The van der Waals surface area contributed by atoms with Gasteiger partial charge < -0.3 is 15.3 Å². The maximum absolute atomic E-state index is 12.1. The van der Waals surface area contributed by atoms with Crippen LogP contribution in [0.4, 0.5) is 4.79 Å². The Hall–Kier alpha value is -2.25. The second-order valence-electron chi connectivity index (χ2n) is 5.56. The molecule has 0 saturated carbocycles. The predicted octanol–water partition coefficient (Wildman–Crippen LogP) is 2.53. The number of alkyl halides is 1. The van der Waals surface area contributed by atoms with Crippen molar-refractivity contribution in [3.63, 3.8) is 0 Å². The van der Waals surface area contributed by atoms with Crippen molar-refractivity contribution >= 4 is 35.2 Å². The smallest absolute Gasteiger partial charge is 0.356 e. The van der Waals surface area contributed by atoms with Crippen molar-refractivity contribution in [3.05, 3.63) is 46.2 Å². The molecule has 2 amide bonds. The summed E-state index contributed by atoms with van der Waals surface area (Å²) in [6.45, 7) is 1.03. The number of carbonyl (C=O) groups excluding carboxylic acids is 1. The lowest BCUT2D eigenvalue weighted by molar-refractivity contribution is 0.0687. The summed E-state index contributed by atoms with van der Waals surface area (Å²) in [7, 11) is 0. The van der Waals surface area contributed by atoms with Crippen LogP contribution in [-0.4, -0.2) is 50.8 Å². The molecule has 9 heteroatoms. The molecule has 2 N–H and O–H groups in total. The van der Waals surface area contributed by atoms with Crippen molar-refractivity contribution in [2.24, 2.45) is 0 Å². The third-order valence-corrected chi connectivity index (χ3v) is 4.43. The number of fused-ring (bicyclic) bond motifs is 1. The number of carboxylic acid groups (broad SMARTS) is 1. The molecule has 1 aliphatic heterocycles. The van der Waals surface area contributed by atoms with E-state index in [0.717, 1.165) is 11.4 Å². The van der Waals surface area contributed by atoms with Crippen LogP contribution in [-0.2, 0) is 13.0 Å². The van der Waals surface area contributed by atoms with E-state index in [-0.39, 0.29) is 18.3 Å². The molecule has 2 heterocycles. The minimum Gasteiger partial charge on any atom is -0.476 e. The van der Waals surface area contributed by atoms with E-state index in [1.54, 1.807) is 33.8 Å². The van der Waals surface area contributed by atoms with Crippen LogP contribution in [0.15, 0.2) is 24.3 Å². The number of amides is 2. The molecule has 0 fully saturated rings. The highest BCUT2D eigenvalue weighted by atomic mass is 35.5. The number of hydrogen-bond acceptors (Lipinski definition) is 3. The summed E-state index contributed by atoms with van der Waals surface area (Å²) in [5, 5.41) is 17.0. The Morgan fingerprint density at radius 2 is 2.00 bits per heavy atom. The molecule has 0 spiro atoms. The number of carbonyl (C=O) groups is 2. The van der Waals surface area contributed by atoms with Gasteiger partial charge >= 0.3 is 12.0 Å². The van der Waals surface area contributed by atoms with Gasteiger partial charge in [0.25, 0.3) is 0 Å². The van der Waals surface area contributed by atoms with Gasteiger partial charge in [-0.2, -0.15) is 5.10 Å². The van der Waals surface area contributed by atoms with Crippen molar-refractivity contribution in [2.75, 3.05) is 19.0 Å². The largest absolute Gasteiger partial charge is 0.476 e. The van der Waals surface area contributed by atoms with Gasteiger partial charge in [-0.15, -0.1) is 11.6 Å². The second-order valence-corrected chi connectivity index (χ2v) is 6.37. The lowest BCUT2D eigenvalue weighted by Gasteiger charge is -2.27. The zero-order chi connectivity index (χ0) is 18.0. The van der Waals surface area contributed by atoms with E-state index >= 15 is 0 Å². The molecule has 0 aliphatic carbocycles. The lowest BCUT2D eigenvalue weighted by Crippen LogP contribution is -2.43. The number of halogens is 2. The quantitative estimate of drug-likeness (QED) is 0.795. The van der Waals surface area contributed by atoms with Crippen LogP contribution in [0.2, 0.25) is 5.02 Å². The summed E-state index contributed by atoms with van der Waals surface area (Å²) >= 11 is 11.5. The first kappa shape index (κ1) is 17.6. The molecule has 1 aromatic heterocycles. The summed E-state index contributed by atoms with van der Waals surface area (Å²) in [6, 6.07) is 6.74. The molecule has 0 atom stereocenters. The van der Waals surface area contributed by atoms with Gasteiger partial charge in [0, 0.05) is 36.0 Å². The van der Waals surface area contributed by atoms with Gasteiger partial charge in [-0.1, -0.05) is 11.6 Å². The molecule has 25 heavy (non-hydrogen) atoms. The molecule has 0 bridgehead atoms. The van der Waals surface area contributed by atoms with E-state index in [1.165, 1.54) is 0 Å². The minimum absolute atomic E-state index is 0.0419. The summed E-state index contributed by atoms with van der Waals surface area (Å²) in [6.07, 6.45) is 0.506. The first-order valence-electron chi connectivity index (χ1n) is 7.70. The zero-order valence-corrected chi connectivity index (χ0v) is 14.7. The summed E-state index contributed by atoms with van der Waals surface area (Å²) in [5.41, 5.74) is 2.03. The highest BCUT2D eigenvalue weighted by Crippen LogP contribution is 2.26. The molecule has 0 unspecified atom stereocenters. The molecule has 2 aromatic rings. The Morgan fingerprint density at radius 1 is 1.28 bits per heavy atom. The Morgan fingerprint density at radius 3 is 2.64 bits per heavy atom. The zero-order valence-electron chi connectivity index (χ0n) is 13.2. The van der Waals surface area contributed by atoms with Gasteiger partial charge in [-0.3, -0.25) is 0 Å². The first-order valence-corrected chi connectivity index (χ1v) is 8.61. The molecular formula is C16H16Cl2N4O3. The Kier molecular flexibility index (Phi) is 5.15. The topological polar surface area (TPSA) is 87.5 Å². The number of nitrogens with zero attached hydrogens (tertiary/aromatic N) is 3. The normalized spacial score (nSPS) is 13.4. The number of rotatable bonds is 4. The van der Waals surface area contributed by atoms with Gasteiger partial charge in [-0.05, 0) is 24.3 Å². The fraction of sp³-hybridized carbons (Fsp3) is 0.312. The van der Waals surface area contributed by atoms with Crippen LogP contribution < -0.4 is 5.32 Å².